The molecule has 0 aliphatic heterocycles. The number of rotatable bonds is 2. The summed E-state index contributed by atoms with van der Waals surface area (Å²) in [5, 5.41) is 56.8. The summed E-state index contributed by atoms with van der Waals surface area (Å²) in [5.41, 5.74) is 1.04. The first kappa shape index (κ1) is 25.7. The predicted octanol–water partition coefficient (Wildman–Crippen LogP) is 5.15. The predicted molar refractivity (Wildman–Crippen MR) is 146 cm³/mol. The SMILES string of the molecule is O=c1c(-c2ccc(O)cc2)coc2cc(O)cc(O)c12.O=c1c(-c2ccc(O)cc2)coc2cc(O)cc(O)c12. The Kier molecular flexibility index (Phi) is 6.50. The molecule has 0 aliphatic rings. The molecule has 2 heterocycles. The molecule has 200 valence electrons. The summed E-state index contributed by atoms with van der Waals surface area (Å²) in [4.78, 5) is 24.8. The van der Waals surface area contributed by atoms with Crippen molar-refractivity contribution in [2.24, 2.45) is 0 Å². The Labute approximate surface area is 224 Å². The van der Waals surface area contributed by atoms with E-state index in [4.69, 9.17) is 8.83 Å². The number of benzene rings is 4. The highest BCUT2D eigenvalue weighted by atomic mass is 16.3. The fraction of sp³-hybridized carbons (Fsp3) is 0. The van der Waals surface area contributed by atoms with Gasteiger partial charge in [-0.05, 0) is 35.4 Å². The molecule has 0 saturated heterocycles. The van der Waals surface area contributed by atoms with Gasteiger partial charge in [-0.3, -0.25) is 9.59 Å². The zero-order valence-electron chi connectivity index (χ0n) is 20.4. The van der Waals surface area contributed by atoms with E-state index >= 15 is 0 Å². The second-order valence-electron chi connectivity index (χ2n) is 8.73. The number of fused-ring (bicyclic) bond motifs is 2. The first-order valence-corrected chi connectivity index (χ1v) is 11.7. The molecule has 0 bridgehead atoms. The third-order valence-corrected chi connectivity index (χ3v) is 6.04. The third kappa shape index (κ3) is 4.84. The van der Waals surface area contributed by atoms with Crippen LogP contribution in [0.4, 0.5) is 0 Å². The first-order valence-electron chi connectivity index (χ1n) is 11.7. The van der Waals surface area contributed by atoms with Crippen molar-refractivity contribution in [3.63, 3.8) is 0 Å². The van der Waals surface area contributed by atoms with Crippen LogP contribution in [-0.4, -0.2) is 30.6 Å². The second-order valence-corrected chi connectivity index (χ2v) is 8.73. The molecule has 0 amide bonds. The maximum atomic E-state index is 12.4. The Morgan fingerprint density at radius 3 is 1.15 bits per heavy atom. The smallest absolute Gasteiger partial charge is 0.204 e. The lowest BCUT2D eigenvalue weighted by atomic mass is 10.0. The van der Waals surface area contributed by atoms with Gasteiger partial charge >= 0.3 is 0 Å². The molecule has 0 atom stereocenters. The van der Waals surface area contributed by atoms with Crippen LogP contribution in [0.1, 0.15) is 0 Å². The van der Waals surface area contributed by atoms with Crippen molar-refractivity contribution in [1.29, 1.82) is 0 Å². The van der Waals surface area contributed by atoms with Crippen molar-refractivity contribution in [3.8, 4) is 56.8 Å². The van der Waals surface area contributed by atoms with E-state index in [0.29, 0.717) is 11.1 Å². The second kappa shape index (κ2) is 10.1. The van der Waals surface area contributed by atoms with Gasteiger partial charge < -0.3 is 39.5 Å². The highest BCUT2D eigenvalue weighted by Gasteiger charge is 2.15. The van der Waals surface area contributed by atoms with Crippen LogP contribution in [0, 0.1) is 0 Å². The van der Waals surface area contributed by atoms with E-state index in [9.17, 15) is 40.2 Å². The zero-order valence-corrected chi connectivity index (χ0v) is 20.4. The van der Waals surface area contributed by atoms with Crippen LogP contribution in [0.25, 0.3) is 44.2 Å². The highest BCUT2D eigenvalue weighted by molar-refractivity contribution is 5.89. The molecule has 0 fully saturated rings. The molecule has 0 aliphatic carbocycles. The van der Waals surface area contributed by atoms with E-state index < -0.39 is 10.9 Å². The van der Waals surface area contributed by atoms with Crippen LogP contribution in [0.3, 0.4) is 0 Å². The van der Waals surface area contributed by atoms with Gasteiger partial charge in [-0.1, -0.05) is 24.3 Å². The summed E-state index contributed by atoms with van der Waals surface area (Å²) in [5.74, 6) is -0.867. The molecule has 4 aromatic carbocycles. The van der Waals surface area contributed by atoms with Crippen molar-refractivity contribution in [2.75, 3.05) is 0 Å². The molecule has 6 N–H and O–H groups in total. The van der Waals surface area contributed by atoms with Crippen molar-refractivity contribution >= 4 is 21.9 Å². The largest absolute Gasteiger partial charge is 0.508 e. The molecule has 2 aromatic heterocycles. The Hall–Kier alpha value is -5.90. The van der Waals surface area contributed by atoms with Gasteiger partial charge in [-0.25, -0.2) is 0 Å². The fourth-order valence-electron chi connectivity index (χ4n) is 4.12. The Bertz CT molecular complexity index is 1840. The zero-order chi connectivity index (χ0) is 28.6. The van der Waals surface area contributed by atoms with E-state index in [0.717, 1.165) is 12.1 Å². The van der Waals surface area contributed by atoms with Crippen LogP contribution >= 0.6 is 0 Å². The van der Waals surface area contributed by atoms with E-state index in [2.05, 4.69) is 0 Å². The Balaban J connectivity index is 0.000000161. The molecular formula is C30H20O10. The minimum atomic E-state index is -0.408. The third-order valence-electron chi connectivity index (χ3n) is 6.04. The van der Waals surface area contributed by atoms with Gasteiger partial charge in [0.2, 0.25) is 10.9 Å². The standard InChI is InChI=1S/2C15H10O5/c2*16-9-3-1-8(2-4-9)11-7-20-13-6-10(17)5-12(18)14(13)15(11)19/h2*1-7,16-18H. The van der Waals surface area contributed by atoms with Crippen LogP contribution in [0.5, 0.6) is 34.5 Å². The number of hydrogen-bond donors (Lipinski definition) is 6. The summed E-state index contributed by atoms with van der Waals surface area (Å²) in [7, 11) is 0. The van der Waals surface area contributed by atoms with E-state index in [1.807, 2.05) is 0 Å². The lowest BCUT2D eigenvalue weighted by molar-refractivity contribution is 0.451. The Morgan fingerprint density at radius 2 is 0.800 bits per heavy atom. The van der Waals surface area contributed by atoms with Gasteiger partial charge in [0.15, 0.2) is 0 Å². The maximum absolute atomic E-state index is 12.4. The molecule has 40 heavy (non-hydrogen) atoms. The van der Waals surface area contributed by atoms with Gasteiger partial charge in [0.25, 0.3) is 0 Å². The topological polar surface area (TPSA) is 182 Å². The Morgan fingerprint density at radius 1 is 0.450 bits per heavy atom. The van der Waals surface area contributed by atoms with Crippen molar-refractivity contribution < 1.29 is 39.5 Å². The monoisotopic (exact) mass is 540 g/mol. The molecule has 6 aromatic rings. The summed E-state index contributed by atoms with van der Waals surface area (Å²) in [6.07, 6.45) is 2.52. The van der Waals surface area contributed by atoms with Gasteiger partial charge in [-0.15, -0.1) is 0 Å². The van der Waals surface area contributed by atoms with Crippen LogP contribution in [0.15, 0.2) is 104 Å². The van der Waals surface area contributed by atoms with Crippen LogP contribution in [0.2, 0.25) is 0 Å². The summed E-state index contributed by atoms with van der Waals surface area (Å²) in [6.45, 7) is 0. The number of aromatic hydroxyl groups is 6. The van der Waals surface area contributed by atoms with E-state index in [1.54, 1.807) is 24.3 Å². The lowest BCUT2D eigenvalue weighted by Crippen LogP contribution is -2.04. The molecule has 0 saturated carbocycles. The average molecular weight is 540 g/mol. The molecular weight excluding hydrogens is 520 g/mol. The first-order chi connectivity index (χ1) is 19.1. The van der Waals surface area contributed by atoms with Gasteiger partial charge in [0.05, 0.1) is 11.1 Å². The number of hydrogen-bond acceptors (Lipinski definition) is 10. The maximum Gasteiger partial charge on any atom is 0.204 e. The number of phenolic OH excluding ortho intramolecular Hbond substituents is 6. The summed E-state index contributed by atoms with van der Waals surface area (Å²) >= 11 is 0. The molecule has 0 radical (unpaired) electrons. The quantitative estimate of drug-likeness (QED) is 0.172. The van der Waals surface area contributed by atoms with Crippen molar-refractivity contribution in [1.82, 2.24) is 0 Å². The van der Waals surface area contributed by atoms with Crippen molar-refractivity contribution in [3.05, 3.63) is 106 Å². The van der Waals surface area contributed by atoms with Gasteiger partial charge in [0.1, 0.15) is 69.0 Å². The molecule has 0 spiro atoms. The summed E-state index contributed by atoms with van der Waals surface area (Å²) < 4.78 is 10.6. The van der Waals surface area contributed by atoms with Crippen LogP contribution in [-0.2, 0) is 0 Å². The lowest BCUT2D eigenvalue weighted by Gasteiger charge is -2.05. The summed E-state index contributed by atoms with van der Waals surface area (Å²) in [6, 6.07) is 16.8. The van der Waals surface area contributed by atoms with Crippen LogP contribution < -0.4 is 10.9 Å². The molecule has 10 nitrogen and oxygen atoms in total. The highest BCUT2D eigenvalue weighted by Crippen LogP contribution is 2.31. The van der Waals surface area contributed by atoms with Gasteiger partial charge in [-0.2, -0.15) is 0 Å². The molecule has 0 unspecified atom stereocenters. The van der Waals surface area contributed by atoms with E-state index in [-0.39, 0.29) is 67.6 Å². The normalized spacial score (nSPS) is 10.8. The number of phenols is 6. The minimum Gasteiger partial charge on any atom is -0.508 e. The fourth-order valence-corrected chi connectivity index (χ4v) is 4.12. The van der Waals surface area contributed by atoms with Gasteiger partial charge in [0, 0.05) is 24.3 Å². The minimum absolute atomic E-state index is 0.00775. The molecule has 6 rings (SSSR count). The van der Waals surface area contributed by atoms with E-state index in [1.165, 1.54) is 48.9 Å². The molecule has 10 heteroatoms. The average Bonchev–Trinajstić information content (AvgIpc) is 2.90. The van der Waals surface area contributed by atoms with Crippen molar-refractivity contribution in [2.45, 2.75) is 0 Å².